The minimum atomic E-state index is -0.401. The molecule has 5 N–H and O–H groups in total. The molecule has 0 amide bonds. The number of halogens is 6. The molecular formula is C89H81F6N33. The summed E-state index contributed by atoms with van der Waals surface area (Å²) in [6.45, 7) is 9.09. The molecule has 0 saturated carbocycles. The molecule has 12 aromatic heterocycles. The van der Waals surface area contributed by atoms with Gasteiger partial charge in [0.15, 0.2) is 11.5 Å². The fraction of sp³-hybridized carbons (Fsp3) is 0.135. The predicted octanol–water partition coefficient (Wildman–Crippen LogP) is 15.4. The molecule has 0 unspecified atom stereocenters. The fourth-order valence-corrected chi connectivity index (χ4v) is 12.4. The zero-order valence-corrected chi connectivity index (χ0v) is 70.9. The number of hydrogen-bond donors (Lipinski definition) is 5. The molecule has 0 atom stereocenters. The van der Waals surface area contributed by atoms with E-state index in [1.54, 1.807) is 146 Å². The second kappa shape index (κ2) is 41.1. The summed E-state index contributed by atoms with van der Waals surface area (Å²) < 4.78 is 91.6. The second-order valence-electron chi connectivity index (χ2n) is 27.9. The van der Waals surface area contributed by atoms with Gasteiger partial charge in [-0.05, 0) is 168 Å². The number of nitriles is 1. The molecule has 18 rings (SSSR count). The lowest BCUT2D eigenvalue weighted by Crippen LogP contribution is -2.21. The number of imidazole rings is 6. The van der Waals surface area contributed by atoms with E-state index in [4.69, 9.17) is 5.26 Å². The summed E-state index contributed by atoms with van der Waals surface area (Å²) in [6, 6.07) is 56.0. The van der Waals surface area contributed by atoms with Gasteiger partial charge in [-0.3, -0.25) is 19.9 Å². The van der Waals surface area contributed by atoms with E-state index in [0.29, 0.717) is 97.6 Å². The lowest BCUT2D eigenvalue weighted by Gasteiger charge is -2.03. The zero-order chi connectivity index (χ0) is 90.5. The van der Waals surface area contributed by atoms with Crippen LogP contribution in [0.3, 0.4) is 0 Å². The molecule has 128 heavy (non-hydrogen) atoms. The molecule has 644 valence electrons. The van der Waals surface area contributed by atoms with Crippen molar-refractivity contribution in [2.24, 2.45) is 85.0 Å². The van der Waals surface area contributed by atoms with Crippen LogP contribution in [0.25, 0.3) is 66.2 Å². The van der Waals surface area contributed by atoms with Crippen molar-refractivity contribution in [1.29, 1.82) is 5.26 Å². The normalized spacial score (nSPS) is 11.8. The van der Waals surface area contributed by atoms with Crippen molar-refractivity contribution in [2.45, 2.75) is 34.6 Å². The number of hydrazone groups is 5. The monoisotopic (exact) mass is 1730 g/mol. The summed E-state index contributed by atoms with van der Waals surface area (Å²) in [7, 11) is 13.2. The molecule has 0 saturated heterocycles. The van der Waals surface area contributed by atoms with Crippen molar-refractivity contribution < 1.29 is 26.3 Å². The predicted molar refractivity (Wildman–Crippen MR) is 483 cm³/mol. The van der Waals surface area contributed by atoms with Crippen molar-refractivity contribution in [3.8, 4) is 6.07 Å². The minimum Gasteiger partial charge on any atom is -0.312 e. The van der Waals surface area contributed by atoms with Gasteiger partial charge in [-0.25, -0.2) is 98.3 Å². The van der Waals surface area contributed by atoms with Gasteiger partial charge in [0.25, 0.3) is 0 Å². The number of aromatic nitrogens is 20. The Hall–Kier alpha value is -17.2. The molecular weight excluding hydrogens is 1650 g/mol. The number of fused-ring (bicyclic) bond motifs is 6. The highest BCUT2D eigenvalue weighted by atomic mass is 19.1. The van der Waals surface area contributed by atoms with E-state index in [1.807, 2.05) is 128 Å². The van der Waals surface area contributed by atoms with Gasteiger partial charge in [0.05, 0.1) is 124 Å². The van der Waals surface area contributed by atoms with Gasteiger partial charge in [0, 0.05) is 105 Å². The molecule has 0 bridgehead atoms. The number of rotatable bonds is 17. The zero-order valence-electron chi connectivity index (χ0n) is 70.9. The minimum absolute atomic E-state index is 0.138. The average Bonchev–Trinajstić information content (AvgIpc) is 1.59. The second-order valence-corrected chi connectivity index (χ2v) is 27.9. The first-order valence-corrected chi connectivity index (χ1v) is 39.0. The highest BCUT2D eigenvalue weighted by Crippen LogP contribution is 2.25. The SMILES string of the molecule is C/C(=N\N=c1n(C)c2ccccc2n1C)c1ccccn1.C/C(=N\Nc1nc2cc(F)ccc2n1C)c1ccc(F)cn1.C/C(=N\Nc1nc2cc(F)ccc2n1C)c1ccncn1.C/C(=N\Nc1nc2cc(F)ccc2n1C)c1ncccn1.C/C(=N\Nc1nc2ccccc2n1C)c1ccc(F)cn1.Cn1c(N/N=C(\C#N)c2ccccn2)nc2cc(F)ccc21. The van der Waals surface area contributed by atoms with E-state index in [-0.39, 0.29) is 34.8 Å². The third-order valence-corrected chi connectivity index (χ3v) is 19.3. The summed E-state index contributed by atoms with van der Waals surface area (Å²) in [5.41, 5.74) is 31.3. The van der Waals surface area contributed by atoms with Crippen molar-refractivity contribution in [3.05, 3.63) is 319 Å². The van der Waals surface area contributed by atoms with Crippen LogP contribution < -0.4 is 32.7 Å². The van der Waals surface area contributed by atoms with Crippen LogP contribution in [0.5, 0.6) is 0 Å². The maximum atomic E-state index is 13.2. The van der Waals surface area contributed by atoms with E-state index >= 15 is 0 Å². The van der Waals surface area contributed by atoms with Gasteiger partial charge < -0.3 is 32.0 Å². The molecule has 39 heteroatoms. The quantitative estimate of drug-likeness (QED) is 0.0321. The van der Waals surface area contributed by atoms with Crippen LogP contribution in [0.2, 0.25) is 0 Å². The van der Waals surface area contributed by atoms with Crippen molar-refractivity contribution in [2.75, 3.05) is 27.1 Å². The summed E-state index contributed by atoms with van der Waals surface area (Å²) in [5.74, 6) is 1.02. The third-order valence-electron chi connectivity index (χ3n) is 19.3. The highest BCUT2D eigenvalue weighted by Gasteiger charge is 2.16. The standard InChI is InChI=1S/C16H17N5.C15H13F2N5.C15H11FN6.C15H14FN5.2C14H13FN6/c1-12(13-8-6-7-11-17-13)18-19-16-20(2)14-9-4-5-10-15(14)21(16)3;1-9(12-5-3-11(17)8-18-12)20-21-15-19-13-7-10(16)4-6-14(13)22(15)2;1-22-14-6-5-10(16)8-12(14)19-15(22)21-20-13(9-17)11-4-2-3-7-18-11;1-10(12-8-7-11(16)9-17-12)19-20-15-18-13-5-3-4-6-14(13)21(15)2;1-9(13-16-6-3-7-17-13)19-20-14-18-11-8-10(15)4-5-12(11)21(14)2;1-9(11-5-6-16-8-17-11)19-20-14-18-12-7-10(15)3-4-13(12)21(14)2/h4-11H,1-3H3;3-8H,1-2H3,(H,19,21);2-8H,1H3,(H,19,21);3-9H,1-2H3,(H,18,20);2*3-8H,1-2H3,(H,18,20)/b18-12+;20-9+;20-13+;19-10+;2*19-9+. The summed E-state index contributed by atoms with van der Waals surface area (Å²) in [6.07, 6.45) is 12.1. The molecule has 18 aromatic rings. The van der Waals surface area contributed by atoms with Crippen molar-refractivity contribution >= 4 is 130 Å². The largest absolute Gasteiger partial charge is 0.312 e. The molecule has 0 radical (unpaired) electrons. The van der Waals surface area contributed by atoms with Crippen LogP contribution in [0.1, 0.15) is 68.9 Å². The van der Waals surface area contributed by atoms with Gasteiger partial charge >= 0.3 is 0 Å². The maximum Gasteiger partial charge on any atom is 0.230 e. The van der Waals surface area contributed by atoms with Crippen LogP contribution >= 0.6 is 0 Å². The molecule has 0 fully saturated rings. The van der Waals surface area contributed by atoms with Crippen LogP contribution in [-0.2, 0) is 49.3 Å². The summed E-state index contributed by atoms with van der Waals surface area (Å²) in [4.78, 5) is 54.1. The number of para-hydroxylation sites is 4. The van der Waals surface area contributed by atoms with Crippen molar-refractivity contribution in [1.82, 2.24) is 96.8 Å². The van der Waals surface area contributed by atoms with E-state index in [2.05, 4.69) is 140 Å². The molecule has 0 aliphatic carbocycles. The summed E-state index contributed by atoms with van der Waals surface area (Å²) >= 11 is 0. The molecule has 12 heterocycles. The first kappa shape index (κ1) is 88.6. The van der Waals surface area contributed by atoms with Gasteiger partial charge in [0.2, 0.25) is 35.4 Å². The van der Waals surface area contributed by atoms with E-state index in [1.165, 1.54) is 73.2 Å². The Labute approximate surface area is 726 Å². The topological polar surface area (TPSA) is 373 Å². The van der Waals surface area contributed by atoms with E-state index in [0.717, 1.165) is 73.0 Å². The van der Waals surface area contributed by atoms with Crippen LogP contribution in [0.15, 0.2) is 280 Å². The Morgan fingerprint density at radius 2 is 0.648 bits per heavy atom. The fourth-order valence-electron chi connectivity index (χ4n) is 12.4. The number of aryl methyl sites for hydroxylation is 7. The Kier molecular flexibility index (Phi) is 28.4. The van der Waals surface area contributed by atoms with Crippen LogP contribution in [0.4, 0.5) is 56.1 Å². The first-order chi connectivity index (χ1) is 61.9. The van der Waals surface area contributed by atoms with Gasteiger partial charge in [-0.15, -0.1) is 10.2 Å². The number of nitrogens with zero attached hydrogens (tertiary/aromatic N) is 28. The lowest BCUT2D eigenvalue weighted by molar-refractivity contribution is 0.620. The van der Waals surface area contributed by atoms with Crippen molar-refractivity contribution in [3.63, 3.8) is 0 Å². The number of hydrogen-bond acceptors (Lipinski definition) is 26. The average molecular weight is 1730 g/mol. The number of benzene rings is 6. The molecule has 33 nitrogen and oxygen atoms in total. The Bertz CT molecular complexity index is 7090. The smallest absolute Gasteiger partial charge is 0.230 e. The van der Waals surface area contributed by atoms with E-state index < -0.39 is 5.82 Å². The molecule has 0 spiro atoms. The Morgan fingerprint density at radius 1 is 0.305 bits per heavy atom. The molecule has 0 aliphatic rings. The maximum absolute atomic E-state index is 13.2. The number of pyridine rings is 4. The van der Waals surface area contributed by atoms with Crippen LogP contribution in [0, 0.1) is 46.2 Å². The number of nitrogens with one attached hydrogen (secondary N) is 5. The van der Waals surface area contributed by atoms with Gasteiger partial charge in [0.1, 0.15) is 58.7 Å². The summed E-state index contributed by atoms with van der Waals surface area (Å²) in [5, 5.41) is 38.8. The number of anilines is 5. The van der Waals surface area contributed by atoms with Gasteiger partial charge in [-0.1, -0.05) is 36.4 Å². The molecule has 0 aliphatic heterocycles. The lowest BCUT2D eigenvalue weighted by atomic mass is 10.2. The third kappa shape index (κ3) is 21.8. The van der Waals surface area contributed by atoms with Crippen LogP contribution in [-0.4, -0.2) is 131 Å². The highest BCUT2D eigenvalue weighted by molar-refractivity contribution is 6.10. The van der Waals surface area contributed by atoms with E-state index in [9.17, 15) is 26.3 Å². The molecule has 6 aromatic carbocycles. The first-order valence-electron chi connectivity index (χ1n) is 39.0. The Morgan fingerprint density at radius 3 is 1.02 bits per heavy atom. The Balaban J connectivity index is 0.000000131. The van der Waals surface area contributed by atoms with Gasteiger partial charge in [-0.2, -0.15) is 30.8 Å².